The van der Waals surface area contributed by atoms with Crippen LogP contribution in [0, 0.1) is 0 Å². The highest BCUT2D eigenvalue weighted by atomic mass is 79.9. The molecular weight excluding hydrogens is 302 g/mol. The van der Waals surface area contributed by atoms with Crippen molar-refractivity contribution in [3.05, 3.63) is 50.9 Å². The SMILES string of the molecule is O=C(OCCc1cccs1)c1ccnc(Br)c1. The molecule has 0 radical (unpaired) electrons. The van der Waals surface area contributed by atoms with Crippen LogP contribution < -0.4 is 0 Å². The van der Waals surface area contributed by atoms with E-state index in [9.17, 15) is 4.79 Å². The van der Waals surface area contributed by atoms with Gasteiger partial charge in [-0.3, -0.25) is 0 Å². The van der Waals surface area contributed by atoms with Crippen LogP contribution in [0.15, 0.2) is 40.4 Å². The van der Waals surface area contributed by atoms with E-state index in [-0.39, 0.29) is 5.97 Å². The first kappa shape index (κ1) is 12.3. The van der Waals surface area contributed by atoms with Gasteiger partial charge in [-0.15, -0.1) is 11.3 Å². The van der Waals surface area contributed by atoms with Gasteiger partial charge in [0.2, 0.25) is 0 Å². The van der Waals surface area contributed by atoms with E-state index in [1.807, 2.05) is 17.5 Å². The smallest absolute Gasteiger partial charge is 0.338 e. The van der Waals surface area contributed by atoms with Crippen LogP contribution in [0.5, 0.6) is 0 Å². The molecule has 0 N–H and O–H groups in total. The molecule has 0 unspecified atom stereocenters. The summed E-state index contributed by atoms with van der Waals surface area (Å²) in [4.78, 5) is 16.8. The Kier molecular flexibility index (Phi) is 4.28. The molecular formula is C12H10BrNO2S. The normalized spacial score (nSPS) is 10.2. The fraction of sp³-hybridized carbons (Fsp3) is 0.167. The van der Waals surface area contributed by atoms with Gasteiger partial charge in [0.25, 0.3) is 0 Å². The van der Waals surface area contributed by atoms with Crippen molar-refractivity contribution >= 4 is 33.2 Å². The average Bonchev–Trinajstić information content (AvgIpc) is 2.82. The van der Waals surface area contributed by atoms with E-state index in [4.69, 9.17) is 4.74 Å². The molecule has 0 aliphatic heterocycles. The number of carbonyl (C=O) groups excluding carboxylic acids is 1. The molecule has 0 bridgehead atoms. The van der Waals surface area contributed by atoms with Gasteiger partial charge in [0.1, 0.15) is 4.60 Å². The minimum absolute atomic E-state index is 0.315. The Bertz CT molecular complexity index is 499. The van der Waals surface area contributed by atoms with Crippen LogP contribution in [0.3, 0.4) is 0 Å². The number of hydrogen-bond donors (Lipinski definition) is 0. The van der Waals surface area contributed by atoms with E-state index >= 15 is 0 Å². The Labute approximate surface area is 112 Å². The molecule has 0 saturated heterocycles. The highest BCUT2D eigenvalue weighted by Gasteiger charge is 2.07. The zero-order valence-corrected chi connectivity index (χ0v) is 11.3. The van der Waals surface area contributed by atoms with Crippen LogP contribution >= 0.6 is 27.3 Å². The molecule has 0 atom stereocenters. The van der Waals surface area contributed by atoms with E-state index in [0.29, 0.717) is 16.8 Å². The highest BCUT2D eigenvalue weighted by Crippen LogP contribution is 2.11. The predicted octanol–water partition coefficient (Wildman–Crippen LogP) is 3.31. The molecule has 2 aromatic rings. The zero-order chi connectivity index (χ0) is 12.1. The van der Waals surface area contributed by atoms with Crippen LogP contribution in [-0.4, -0.2) is 17.6 Å². The summed E-state index contributed by atoms with van der Waals surface area (Å²) < 4.78 is 5.81. The molecule has 0 aliphatic carbocycles. The number of rotatable bonds is 4. The summed E-state index contributed by atoms with van der Waals surface area (Å²) in [5.74, 6) is -0.315. The summed E-state index contributed by atoms with van der Waals surface area (Å²) in [6.45, 7) is 0.402. The topological polar surface area (TPSA) is 39.2 Å². The monoisotopic (exact) mass is 311 g/mol. The van der Waals surface area contributed by atoms with E-state index in [1.165, 1.54) is 4.88 Å². The van der Waals surface area contributed by atoms with Gasteiger partial charge in [0.05, 0.1) is 12.2 Å². The lowest BCUT2D eigenvalue weighted by Crippen LogP contribution is -2.07. The second kappa shape index (κ2) is 5.93. The van der Waals surface area contributed by atoms with Crippen molar-refractivity contribution in [1.29, 1.82) is 0 Å². The average molecular weight is 312 g/mol. The lowest BCUT2D eigenvalue weighted by molar-refractivity contribution is 0.0510. The molecule has 0 aromatic carbocycles. The second-order valence-electron chi connectivity index (χ2n) is 3.33. The maximum Gasteiger partial charge on any atom is 0.338 e. The predicted molar refractivity (Wildman–Crippen MR) is 70.2 cm³/mol. The summed E-state index contributed by atoms with van der Waals surface area (Å²) in [6.07, 6.45) is 2.33. The van der Waals surface area contributed by atoms with Crippen molar-refractivity contribution in [1.82, 2.24) is 4.98 Å². The van der Waals surface area contributed by atoms with Crippen molar-refractivity contribution in [3.63, 3.8) is 0 Å². The Balaban J connectivity index is 1.85. The van der Waals surface area contributed by atoms with Crippen LogP contribution in [-0.2, 0) is 11.2 Å². The summed E-state index contributed by atoms with van der Waals surface area (Å²) in [5, 5.41) is 2.01. The number of halogens is 1. The standard InChI is InChI=1S/C12H10BrNO2S/c13-11-8-9(3-5-14-11)12(15)16-6-4-10-2-1-7-17-10/h1-3,5,7-8H,4,6H2. The molecule has 3 nitrogen and oxygen atoms in total. The third-order valence-electron chi connectivity index (χ3n) is 2.12. The Morgan fingerprint density at radius 1 is 1.47 bits per heavy atom. The molecule has 2 rings (SSSR count). The molecule has 0 aliphatic rings. The van der Waals surface area contributed by atoms with Gasteiger partial charge in [0, 0.05) is 17.5 Å². The number of hydrogen-bond acceptors (Lipinski definition) is 4. The zero-order valence-electron chi connectivity index (χ0n) is 8.93. The first-order valence-corrected chi connectivity index (χ1v) is 6.74. The summed E-state index contributed by atoms with van der Waals surface area (Å²) in [7, 11) is 0. The van der Waals surface area contributed by atoms with Gasteiger partial charge < -0.3 is 4.74 Å². The van der Waals surface area contributed by atoms with Crippen molar-refractivity contribution in [2.75, 3.05) is 6.61 Å². The molecule has 0 spiro atoms. The van der Waals surface area contributed by atoms with Gasteiger partial charge in [-0.2, -0.15) is 0 Å². The Hall–Kier alpha value is -1.20. The Morgan fingerprint density at radius 2 is 2.35 bits per heavy atom. The first-order chi connectivity index (χ1) is 8.25. The van der Waals surface area contributed by atoms with Crippen molar-refractivity contribution in [3.8, 4) is 0 Å². The third kappa shape index (κ3) is 3.64. The minimum Gasteiger partial charge on any atom is -0.462 e. The summed E-state index contributed by atoms with van der Waals surface area (Å²) in [6, 6.07) is 7.30. The third-order valence-corrected chi connectivity index (χ3v) is 3.49. The number of esters is 1. The van der Waals surface area contributed by atoms with Gasteiger partial charge >= 0.3 is 5.97 Å². The molecule has 2 heterocycles. The quantitative estimate of drug-likeness (QED) is 0.642. The number of carbonyl (C=O) groups is 1. The van der Waals surface area contributed by atoms with Gasteiger partial charge in [0.15, 0.2) is 0 Å². The molecule has 5 heteroatoms. The van der Waals surface area contributed by atoms with E-state index in [1.54, 1.807) is 29.7 Å². The second-order valence-corrected chi connectivity index (χ2v) is 5.18. The largest absolute Gasteiger partial charge is 0.462 e. The van der Waals surface area contributed by atoms with Crippen LogP contribution in [0.25, 0.3) is 0 Å². The van der Waals surface area contributed by atoms with E-state index in [0.717, 1.165) is 6.42 Å². The van der Waals surface area contributed by atoms with Crippen LogP contribution in [0.4, 0.5) is 0 Å². The maximum atomic E-state index is 11.7. The number of thiophene rings is 1. The number of pyridine rings is 1. The lowest BCUT2D eigenvalue weighted by Gasteiger charge is -2.03. The number of nitrogens with zero attached hydrogens (tertiary/aromatic N) is 1. The molecule has 0 amide bonds. The van der Waals surface area contributed by atoms with Crippen molar-refractivity contribution in [2.45, 2.75) is 6.42 Å². The maximum absolute atomic E-state index is 11.7. The molecule has 0 fully saturated rings. The molecule has 17 heavy (non-hydrogen) atoms. The molecule has 88 valence electrons. The summed E-state index contributed by atoms with van der Waals surface area (Å²) in [5.41, 5.74) is 0.512. The highest BCUT2D eigenvalue weighted by molar-refractivity contribution is 9.10. The summed E-state index contributed by atoms with van der Waals surface area (Å²) >= 11 is 4.88. The Morgan fingerprint density at radius 3 is 3.06 bits per heavy atom. The van der Waals surface area contributed by atoms with Crippen LogP contribution in [0.2, 0.25) is 0 Å². The van der Waals surface area contributed by atoms with Crippen molar-refractivity contribution < 1.29 is 9.53 Å². The van der Waals surface area contributed by atoms with Crippen LogP contribution in [0.1, 0.15) is 15.2 Å². The molecule has 0 saturated carbocycles. The van der Waals surface area contributed by atoms with Crippen molar-refractivity contribution in [2.24, 2.45) is 0 Å². The lowest BCUT2D eigenvalue weighted by atomic mass is 10.3. The van der Waals surface area contributed by atoms with Gasteiger partial charge in [-0.05, 0) is 39.5 Å². The fourth-order valence-corrected chi connectivity index (χ4v) is 2.37. The number of aromatic nitrogens is 1. The van der Waals surface area contributed by atoms with E-state index in [2.05, 4.69) is 20.9 Å². The van der Waals surface area contributed by atoms with E-state index < -0.39 is 0 Å². The first-order valence-electron chi connectivity index (χ1n) is 5.07. The minimum atomic E-state index is -0.315. The fourth-order valence-electron chi connectivity index (χ4n) is 1.31. The van der Waals surface area contributed by atoms with Gasteiger partial charge in [-0.1, -0.05) is 6.07 Å². The van der Waals surface area contributed by atoms with Gasteiger partial charge in [-0.25, -0.2) is 9.78 Å². The molecule has 2 aromatic heterocycles. The number of ether oxygens (including phenoxy) is 1.